The summed E-state index contributed by atoms with van der Waals surface area (Å²) >= 11 is 0. The van der Waals surface area contributed by atoms with Gasteiger partial charge in [0.15, 0.2) is 0 Å². The maximum Gasteiger partial charge on any atom is 0.102 e. The van der Waals surface area contributed by atoms with Crippen molar-refractivity contribution in [2.45, 2.75) is 12.5 Å². The number of likely N-dealkylation sites (N-methyl/N-ethyl adjacent to an activating group) is 1. The fraction of sp³-hybridized carbons (Fsp3) is 0.368. The number of hydrogen-bond acceptors (Lipinski definition) is 1. The Morgan fingerprint density at radius 2 is 1.41 bits per heavy atom. The van der Waals surface area contributed by atoms with Crippen molar-refractivity contribution in [3.8, 4) is 0 Å². The average molecular weight is 364 g/mol. The third kappa shape index (κ3) is 6.73. The van der Waals surface area contributed by atoms with Crippen molar-refractivity contribution >= 4 is 0 Å². The summed E-state index contributed by atoms with van der Waals surface area (Å²) in [5.41, 5.74) is 2.57. The molecule has 0 radical (unpaired) electrons. The molecule has 0 saturated carbocycles. The van der Waals surface area contributed by atoms with Crippen molar-refractivity contribution in [2.24, 2.45) is 0 Å². The van der Waals surface area contributed by atoms with Gasteiger partial charge in [0, 0.05) is 6.42 Å². The molecule has 0 fully saturated rings. The Kier molecular flexibility index (Phi) is 7.80. The zero-order valence-electron chi connectivity index (χ0n) is 13.7. The number of rotatable bonds is 7. The van der Waals surface area contributed by atoms with Crippen LogP contribution < -0.4 is 17.0 Å². The van der Waals surface area contributed by atoms with Gasteiger partial charge in [-0.25, -0.2) is 0 Å². The standard InChI is InChI=1S/C19H26NO.BrH/c1-20(2,3)14-15-21-19(18-12-8-5-9-13-18)16-17-10-6-4-7-11-17;/h4-13,19H,14-16H2,1-3H3;1H/q+1;/p-1/t19-;/m1./s1. The first kappa shape index (κ1) is 18.9. The van der Waals surface area contributed by atoms with Gasteiger partial charge >= 0.3 is 0 Å². The number of hydrogen-bond donors (Lipinski definition) is 0. The van der Waals surface area contributed by atoms with Crippen LogP contribution in [0.5, 0.6) is 0 Å². The fourth-order valence-electron chi connectivity index (χ4n) is 2.24. The maximum absolute atomic E-state index is 6.19. The van der Waals surface area contributed by atoms with E-state index in [1.54, 1.807) is 0 Å². The van der Waals surface area contributed by atoms with E-state index in [1.807, 2.05) is 0 Å². The Bertz CT molecular complexity index is 522. The van der Waals surface area contributed by atoms with Crippen molar-refractivity contribution < 1.29 is 26.2 Å². The molecule has 2 nitrogen and oxygen atoms in total. The lowest BCUT2D eigenvalue weighted by atomic mass is 10.0. The molecular weight excluding hydrogens is 338 g/mol. The van der Waals surface area contributed by atoms with E-state index in [1.165, 1.54) is 11.1 Å². The van der Waals surface area contributed by atoms with Crippen molar-refractivity contribution in [1.82, 2.24) is 0 Å². The van der Waals surface area contributed by atoms with E-state index in [4.69, 9.17) is 4.74 Å². The quantitative estimate of drug-likeness (QED) is 0.658. The van der Waals surface area contributed by atoms with Crippen LogP contribution in [0.25, 0.3) is 0 Å². The van der Waals surface area contributed by atoms with Crippen LogP contribution in [-0.4, -0.2) is 38.8 Å². The van der Waals surface area contributed by atoms with Gasteiger partial charge in [0.05, 0.1) is 33.9 Å². The summed E-state index contributed by atoms with van der Waals surface area (Å²) in [7, 11) is 6.58. The predicted octanol–water partition coefficient (Wildman–Crippen LogP) is 0.697. The first-order valence-corrected chi connectivity index (χ1v) is 7.55. The smallest absolute Gasteiger partial charge is 0.102 e. The lowest BCUT2D eigenvalue weighted by Crippen LogP contribution is -3.00. The van der Waals surface area contributed by atoms with E-state index >= 15 is 0 Å². The van der Waals surface area contributed by atoms with Gasteiger partial charge in [-0.05, 0) is 11.1 Å². The first-order chi connectivity index (χ1) is 10.0. The number of ether oxygens (including phenoxy) is 1. The molecular formula is C19H26BrNO. The second-order valence-electron chi connectivity index (χ2n) is 6.47. The molecule has 120 valence electrons. The minimum atomic E-state index is 0. The third-order valence-electron chi connectivity index (χ3n) is 3.52. The zero-order chi connectivity index (χ0) is 15.1. The molecule has 0 heterocycles. The molecule has 2 aromatic carbocycles. The highest BCUT2D eigenvalue weighted by Gasteiger charge is 2.15. The Balaban J connectivity index is 0.00000242. The van der Waals surface area contributed by atoms with Crippen molar-refractivity contribution in [1.29, 1.82) is 0 Å². The first-order valence-electron chi connectivity index (χ1n) is 7.55. The molecule has 0 amide bonds. The van der Waals surface area contributed by atoms with Gasteiger partial charge in [-0.2, -0.15) is 0 Å². The minimum absolute atomic E-state index is 0. The van der Waals surface area contributed by atoms with Crippen LogP contribution in [0.2, 0.25) is 0 Å². The lowest BCUT2D eigenvalue weighted by molar-refractivity contribution is -0.870. The summed E-state index contributed by atoms with van der Waals surface area (Å²) in [6.07, 6.45) is 1.04. The minimum Gasteiger partial charge on any atom is -1.00 e. The number of benzene rings is 2. The lowest BCUT2D eigenvalue weighted by Gasteiger charge is -2.25. The van der Waals surface area contributed by atoms with E-state index in [2.05, 4.69) is 81.8 Å². The van der Waals surface area contributed by atoms with E-state index < -0.39 is 0 Å². The number of nitrogens with zero attached hydrogens (tertiary/aromatic N) is 1. The number of quaternary nitrogens is 1. The summed E-state index contributed by atoms with van der Waals surface area (Å²) in [5, 5.41) is 0. The van der Waals surface area contributed by atoms with Gasteiger partial charge < -0.3 is 26.2 Å². The van der Waals surface area contributed by atoms with Crippen molar-refractivity contribution in [2.75, 3.05) is 34.3 Å². The average Bonchev–Trinajstić information content (AvgIpc) is 2.47. The summed E-state index contributed by atoms with van der Waals surface area (Å²) in [6.45, 7) is 1.79. The summed E-state index contributed by atoms with van der Waals surface area (Å²) < 4.78 is 7.12. The molecule has 0 aliphatic heterocycles. The molecule has 0 saturated heterocycles. The van der Waals surface area contributed by atoms with E-state index in [0.717, 1.165) is 24.1 Å². The molecule has 1 atom stereocenters. The van der Waals surface area contributed by atoms with Gasteiger partial charge in [-0.1, -0.05) is 60.7 Å². The molecule has 2 aromatic rings. The molecule has 2 rings (SSSR count). The van der Waals surface area contributed by atoms with E-state index in [-0.39, 0.29) is 23.1 Å². The predicted molar refractivity (Wildman–Crippen MR) is 88.2 cm³/mol. The molecule has 22 heavy (non-hydrogen) atoms. The zero-order valence-corrected chi connectivity index (χ0v) is 15.3. The number of halogens is 1. The van der Waals surface area contributed by atoms with Crippen LogP contribution in [-0.2, 0) is 11.2 Å². The van der Waals surface area contributed by atoms with Gasteiger partial charge in [0.2, 0.25) is 0 Å². The molecule has 0 N–H and O–H groups in total. The molecule has 3 heteroatoms. The van der Waals surface area contributed by atoms with Gasteiger partial charge in [-0.3, -0.25) is 0 Å². The second kappa shape index (κ2) is 9.09. The van der Waals surface area contributed by atoms with Crippen molar-refractivity contribution in [3.05, 3.63) is 71.8 Å². The molecule has 0 aliphatic rings. The summed E-state index contributed by atoms with van der Waals surface area (Å²) in [6, 6.07) is 21.1. The van der Waals surface area contributed by atoms with Gasteiger partial charge in [0.1, 0.15) is 6.54 Å². The molecule has 0 spiro atoms. The van der Waals surface area contributed by atoms with Crippen LogP contribution >= 0.6 is 0 Å². The largest absolute Gasteiger partial charge is 1.00 e. The molecule has 0 unspecified atom stereocenters. The van der Waals surface area contributed by atoms with Crippen LogP contribution in [0.3, 0.4) is 0 Å². The Morgan fingerprint density at radius 1 is 0.864 bits per heavy atom. The van der Waals surface area contributed by atoms with Crippen molar-refractivity contribution in [3.63, 3.8) is 0 Å². The molecule has 0 bridgehead atoms. The highest BCUT2D eigenvalue weighted by molar-refractivity contribution is 5.22. The topological polar surface area (TPSA) is 9.23 Å². The molecule has 0 aromatic heterocycles. The SMILES string of the molecule is C[N+](C)(C)CCO[C@H](Cc1ccccc1)c1ccccc1.[Br-]. The Labute approximate surface area is 145 Å². The summed E-state index contributed by atoms with van der Waals surface area (Å²) in [4.78, 5) is 0. The van der Waals surface area contributed by atoms with E-state index in [9.17, 15) is 0 Å². The highest BCUT2D eigenvalue weighted by atomic mass is 79.9. The highest BCUT2D eigenvalue weighted by Crippen LogP contribution is 2.22. The van der Waals surface area contributed by atoms with Gasteiger partial charge in [0.25, 0.3) is 0 Å². The van der Waals surface area contributed by atoms with Crippen LogP contribution in [0.15, 0.2) is 60.7 Å². The third-order valence-corrected chi connectivity index (χ3v) is 3.52. The normalized spacial score (nSPS) is 12.5. The van der Waals surface area contributed by atoms with Gasteiger partial charge in [-0.15, -0.1) is 0 Å². The van der Waals surface area contributed by atoms with Crippen LogP contribution in [0.1, 0.15) is 17.2 Å². The Morgan fingerprint density at radius 3 is 1.95 bits per heavy atom. The maximum atomic E-state index is 6.19. The monoisotopic (exact) mass is 363 g/mol. The Hall–Kier alpha value is -1.16. The van der Waals surface area contributed by atoms with Crippen LogP contribution in [0.4, 0.5) is 0 Å². The fourth-order valence-corrected chi connectivity index (χ4v) is 2.24. The van der Waals surface area contributed by atoms with Crippen LogP contribution in [0, 0.1) is 0 Å². The second-order valence-corrected chi connectivity index (χ2v) is 6.47. The molecule has 0 aliphatic carbocycles. The summed E-state index contributed by atoms with van der Waals surface area (Å²) in [5.74, 6) is 0. The van der Waals surface area contributed by atoms with E-state index in [0.29, 0.717) is 0 Å².